The van der Waals surface area contributed by atoms with Crippen molar-refractivity contribution in [3.05, 3.63) is 69.7 Å². The quantitative estimate of drug-likeness (QED) is 0.330. The van der Waals surface area contributed by atoms with Gasteiger partial charge in [-0.3, -0.25) is 0 Å². The Bertz CT molecular complexity index is 957. The molecule has 0 aliphatic rings. The minimum atomic E-state index is -0.237. The van der Waals surface area contributed by atoms with Gasteiger partial charge in [0.1, 0.15) is 11.7 Å². The molecular formula is C18H17ClN3O2S+. The lowest BCUT2D eigenvalue weighted by molar-refractivity contribution is -0.735. The topological polar surface area (TPSA) is 59.0 Å². The second-order valence-electron chi connectivity index (χ2n) is 5.49. The Morgan fingerprint density at radius 2 is 1.96 bits per heavy atom. The third-order valence-corrected chi connectivity index (χ3v) is 4.97. The highest BCUT2D eigenvalue weighted by atomic mass is 35.5. The van der Waals surface area contributed by atoms with Gasteiger partial charge in [0.25, 0.3) is 5.88 Å². The molecule has 0 saturated carbocycles. The van der Waals surface area contributed by atoms with Crippen LogP contribution < -0.4 is 10.1 Å². The van der Waals surface area contributed by atoms with E-state index < -0.39 is 0 Å². The Hall–Kier alpha value is -2.31. The van der Waals surface area contributed by atoms with E-state index in [4.69, 9.17) is 11.6 Å². The molecule has 0 radical (unpaired) electrons. The zero-order valence-corrected chi connectivity index (χ0v) is 15.4. The van der Waals surface area contributed by atoms with E-state index in [2.05, 4.69) is 4.98 Å². The van der Waals surface area contributed by atoms with E-state index in [0.29, 0.717) is 22.4 Å². The van der Waals surface area contributed by atoms with Crippen LogP contribution in [0.3, 0.4) is 0 Å². The molecular weight excluding hydrogens is 358 g/mol. The first-order chi connectivity index (χ1) is 12.0. The first-order valence-electron chi connectivity index (χ1n) is 7.58. The Balaban J connectivity index is 2.21. The van der Waals surface area contributed by atoms with Crippen LogP contribution in [-0.4, -0.2) is 20.9 Å². The molecule has 2 aromatic heterocycles. The molecule has 0 amide bonds. The standard InChI is InChI=1S/C18H16ClN3O2S/c1-21-16(23)15(13-6-4-3-5-7-13)17(24)22(18(21)25-2)11-12-8-9-14(19)20-10-12/h3-10H,11H2,1-2H3/p+1. The number of pyridine rings is 1. The normalized spacial score (nSPS) is 10.8. The zero-order chi connectivity index (χ0) is 18.0. The first kappa shape index (κ1) is 17.5. The van der Waals surface area contributed by atoms with Crippen LogP contribution in [0, 0.1) is 0 Å². The average Bonchev–Trinajstić information content (AvgIpc) is 2.63. The SMILES string of the molecule is CSc1n(C)c(=O)c(-c2ccccc2)c(O)[n+]1Cc1ccc(Cl)nc1. The van der Waals surface area contributed by atoms with Gasteiger partial charge in [-0.1, -0.05) is 48.0 Å². The van der Waals surface area contributed by atoms with Crippen LogP contribution in [0.1, 0.15) is 5.56 Å². The van der Waals surface area contributed by atoms with Gasteiger partial charge in [-0.2, -0.15) is 9.13 Å². The van der Waals surface area contributed by atoms with E-state index in [1.54, 1.807) is 28.4 Å². The number of hydrogen-bond acceptors (Lipinski definition) is 4. The van der Waals surface area contributed by atoms with Gasteiger partial charge in [0, 0.05) is 11.8 Å². The van der Waals surface area contributed by atoms with Gasteiger partial charge in [-0.15, -0.1) is 0 Å². The van der Waals surface area contributed by atoms with Crippen molar-refractivity contribution < 1.29 is 9.67 Å². The van der Waals surface area contributed by atoms with E-state index in [9.17, 15) is 9.90 Å². The fourth-order valence-corrected chi connectivity index (χ4v) is 3.53. The molecule has 1 aromatic carbocycles. The van der Waals surface area contributed by atoms with E-state index in [-0.39, 0.29) is 17.0 Å². The van der Waals surface area contributed by atoms with Crippen molar-refractivity contribution >= 4 is 23.4 Å². The van der Waals surface area contributed by atoms with Gasteiger partial charge in [0.15, 0.2) is 5.56 Å². The predicted octanol–water partition coefficient (Wildman–Crippen LogP) is 2.86. The summed E-state index contributed by atoms with van der Waals surface area (Å²) in [6.45, 7) is 0.375. The lowest BCUT2D eigenvalue weighted by Crippen LogP contribution is -2.44. The molecule has 0 fully saturated rings. The fourth-order valence-electron chi connectivity index (χ4n) is 2.69. The summed E-state index contributed by atoms with van der Waals surface area (Å²) < 4.78 is 3.26. The van der Waals surface area contributed by atoms with Gasteiger partial charge in [-0.05, 0) is 29.6 Å². The van der Waals surface area contributed by atoms with Crippen LogP contribution in [0.2, 0.25) is 5.15 Å². The van der Waals surface area contributed by atoms with Crippen molar-refractivity contribution in [2.75, 3.05) is 6.26 Å². The summed E-state index contributed by atoms with van der Waals surface area (Å²) in [5.74, 6) is -0.0615. The van der Waals surface area contributed by atoms with Gasteiger partial charge in [0.2, 0.25) is 0 Å². The highest BCUT2D eigenvalue weighted by molar-refractivity contribution is 7.98. The minimum Gasteiger partial charge on any atom is -0.477 e. The van der Waals surface area contributed by atoms with Gasteiger partial charge >= 0.3 is 10.7 Å². The molecule has 0 spiro atoms. The first-order valence-corrected chi connectivity index (χ1v) is 9.19. The maximum absolute atomic E-state index is 12.8. The Kier molecular flexibility index (Phi) is 5.11. The van der Waals surface area contributed by atoms with Crippen molar-refractivity contribution in [2.24, 2.45) is 7.05 Å². The largest absolute Gasteiger partial charge is 0.477 e. The van der Waals surface area contributed by atoms with E-state index >= 15 is 0 Å². The van der Waals surface area contributed by atoms with Crippen LogP contribution in [0.4, 0.5) is 0 Å². The molecule has 7 heteroatoms. The number of aromatic hydroxyl groups is 1. The molecule has 3 aromatic rings. The number of benzene rings is 1. The minimum absolute atomic E-state index is 0.0615. The summed E-state index contributed by atoms with van der Waals surface area (Å²) in [5.41, 5.74) is 1.59. The van der Waals surface area contributed by atoms with E-state index in [1.807, 2.05) is 42.7 Å². The molecule has 3 rings (SSSR count). The van der Waals surface area contributed by atoms with E-state index in [0.717, 1.165) is 5.56 Å². The summed E-state index contributed by atoms with van der Waals surface area (Å²) in [6.07, 6.45) is 3.53. The van der Waals surface area contributed by atoms with Gasteiger partial charge < -0.3 is 5.11 Å². The monoisotopic (exact) mass is 374 g/mol. The second-order valence-corrected chi connectivity index (χ2v) is 6.65. The Labute approximate surface area is 154 Å². The third-order valence-electron chi connectivity index (χ3n) is 3.89. The molecule has 5 nitrogen and oxygen atoms in total. The fraction of sp³-hybridized carbons (Fsp3) is 0.167. The molecule has 1 N–H and O–H groups in total. The summed E-state index contributed by atoms with van der Waals surface area (Å²) in [5, 5.41) is 11.9. The summed E-state index contributed by atoms with van der Waals surface area (Å²) in [6, 6.07) is 12.7. The predicted molar refractivity (Wildman–Crippen MR) is 99.1 cm³/mol. The molecule has 0 atom stereocenters. The van der Waals surface area contributed by atoms with Crippen LogP contribution in [-0.2, 0) is 13.6 Å². The van der Waals surface area contributed by atoms with Crippen LogP contribution >= 0.6 is 23.4 Å². The highest BCUT2D eigenvalue weighted by Gasteiger charge is 2.27. The van der Waals surface area contributed by atoms with Gasteiger partial charge in [0.05, 0.1) is 7.05 Å². The highest BCUT2D eigenvalue weighted by Crippen LogP contribution is 2.24. The summed E-state index contributed by atoms with van der Waals surface area (Å²) >= 11 is 7.24. The molecule has 0 saturated heterocycles. The van der Waals surface area contributed by atoms with Crippen molar-refractivity contribution in [1.82, 2.24) is 9.55 Å². The number of aromatic nitrogens is 3. The van der Waals surface area contributed by atoms with E-state index in [1.165, 1.54) is 11.8 Å². The van der Waals surface area contributed by atoms with Crippen molar-refractivity contribution in [2.45, 2.75) is 11.7 Å². The molecule has 0 bridgehead atoms. The molecule has 0 aliphatic heterocycles. The number of halogens is 1. The molecule has 0 aliphatic carbocycles. The number of nitrogens with zero attached hydrogens (tertiary/aromatic N) is 3. The lowest BCUT2D eigenvalue weighted by Gasteiger charge is -2.12. The van der Waals surface area contributed by atoms with Gasteiger partial charge in [-0.25, -0.2) is 9.78 Å². The van der Waals surface area contributed by atoms with Crippen LogP contribution in [0.25, 0.3) is 11.1 Å². The van der Waals surface area contributed by atoms with Crippen molar-refractivity contribution in [1.29, 1.82) is 0 Å². The number of rotatable bonds is 4. The molecule has 25 heavy (non-hydrogen) atoms. The maximum Gasteiger partial charge on any atom is 0.349 e. The summed E-state index contributed by atoms with van der Waals surface area (Å²) in [7, 11) is 1.71. The molecule has 2 heterocycles. The summed E-state index contributed by atoms with van der Waals surface area (Å²) in [4.78, 5) is 16.8. The smallest absolute Gasteiger partial charge is 0.349 e. The lowest BCUT2D eigenvalue weighted by atomic mass is 10.1. The molecule has 0 unspecified atom stereocenters. The average molecular weight is 375 g/mol. The number of hydrogen-bond donors (Lipinski definition) is 1. The Morgan fingerprint density at radius 3 is 2.56 bits per heavy atom. The third kappa shape index (κ3) is 3.41. The maximum atomic E-state index is 12.8. The molecule has 128 valence electrons. The second kappa shape index (κ2) is 7.29. The number of thioether (sulfide) groups is 1. The Morgan fingerprint density at radius 1 is 1.24 bits per heavy atom. The van der Waals surface area contributed by atoms with Crippen molar-refractivity contribution in [3.63, 3.8) is 0 Å². The van der Waals surface area contributed by atoms with Crippen LogP contribution in [0.5, 0.6) is 5.88 Å². The zero-order valence-electron chi connectivity index (χ0n) is 13.8. The van der Waals surface area contributed by atoms with Crippen LogP contribution in [0.15, 0.2) is 58.6 Å². The van der Waals surface area contributed by atoms with Crippen molar-refractivity contribution in [3.8, 4) is 17.0 Å².